The van der Waals surface area contributed by atoms with Crippen LogP contribution in [-0.4, -0.2) is 29.4 Å². The van der Waals surface area contributed by atoms with Gasteiger partial charge in [0, 0.05) is 0 Å². The quantitative estimate of drug-likeness (QED) is 0.757. The number of benzene rings is 1. The standard InChI is InChI=1S/C13H18O4/c1-3-9-4-6-10(7-5-9)13(16)11(14)8-12(15)17-2/h4-7,11,13-14,16H,3,8H2,1-2H3. The molecule has 0 saturated carbocycles. The number of hydrogen-bond donors (Lipinski definition) is 2. The van der Waals surface area contributed by atoms with E-state index in [-0.39, 0.29) is 6.42 Å². The van der Waals surface area contributed by atoms with Crippen LogP contribution in [0, 0.1) is 0 Å². The van der Waals surface area contributed by atoms with Crippen LogP contribution in [0.15, 0.2) is 24.3 Å². The summed E-state index contributed by atoms with van der Waals surface area (Å²) < 4.78 is 4.43. The lowest BCUT2D eigenvalue weighted by atomic mass is 10.0. The molecule has 17 heavy (non-hydrogen) atoms. The molecule has 0 aromatic heterocycles. The van der Waals surface area contributed by atoms with Gasteiger partial charge >= 0.3 is 5.97 Å². The van der Waals surface area contributed by atoms with E-state index in [0.29, 0.717) is 5.56 Å². The van der Waals surface area contributed by atoms with Gasteiger partial charge < -0.3 is 14.9 Å². The zero-order valence-corrected chi connectivity index (χ0v) is 10.1. The van der Waals surface area contributed by atoms with E-state index >= 15 is 0 Å². The van der Waals surface area contributed by atoms with Gasteiger partial charge in [-0.05, 0) is 17.5 Å². The van der Waals surface area contributed by atoms with E-state index in [1.807, 2.05) is 19.1 Å². The third kappa shape index (κ3) is 3.84. The maximum absolute atomic E-state index is 11.0. The van der Waals surface area contributed by atoms with E-state index in [1.54, 1.807) is 12.1 Å². The molecule has 1 rings (SSSR count). The molecule has 0 aliphatic rings. The number of carbonyl (C=O) groups is 1. The summed E-state index contributed by atoms with van der Waals surface area (Å²) in [4.78, 5) is 11.0. The molecule has 2 unspecified atom stereocenters. The highest BCUT2D eigenvalue weighted by molar-refractivity contribution is 5.69. The van der Waals surface area contributed by atoms with E-state index in [0.717, 1.165) is 12.0 Å². The number of rotatable bonds is 5. The van der Waals surface area contributed by atoms with Gasteiger partial charge in [0.1, 0.15) is 6.10 Å². The van der Waals surface area contributed by atoms with Crippen molar-refractivity contribution < 1.29 is 19.7 Å². The normalized spacial score (nSPS) is 14.1. The summed E-state index contributed by atoms with van der Waals surface area (Å²) in [5, 5.41) is 19.5. The van der Waals surface area contributed by atoms with Gasteiger partial charge in [0.15, 0.2) is 0 Å². The minimum Gasteiger partial charge on any atom is -0.469 e. The van der Waals surface area contributed by atoms with Crippen molar-refractivity contribution in [3.8, 4) is 0 Å². The zero-order valence-electron chi connectivity index (χ0n) is 10.1. The summed E-state index contributed by atoms with van der Waals surface area (Å²) in [5.41, 5.74) is 1.75. The topological polar surface area (TPSA) is 66.8 Å². The second-order valence-corrected chi connectivity index (χ2v) is 3.89. The van der Waals surface area contributed by atoms with Crippen molar-refractivity contribution in [3.05, 3.63) is 35.4 Å². The molecule has 2 N–H and O–H groups in total. The van der Waals surface area contributed by atoms with Crippen LogP contribution in [0.4, 0.5) is 0 Å². The monoisotopic (exact) mass is 238 g/mol. The molecule has 0 spiro atoms. The van der Waals surface area contributed by atoms with Gasteiger partial charge in [-0.3, -0.25) is 4.79 Å². The van der Waals surface area contributed by atoms with Crippen molar-refractivity contribution in [3.63, 3.8) is 0 Å². The molecule has 94 valence electrons. The van der Waals surface area contributed by atoms with Crippen molar-refractivity contribution in [2.75, 3.05) is 7.11 Å². The highest BCUT2D eigenvalue weighted by Gasteiger charge is 2.21. The molecule has 2 atom stereocenters. The highest BCUT2D eigenvalue weighted by atomic mass is 16.5. The Morgan fingerprint density at radius 1 is 1.29 bits per heavy atom. The molecular weight excluding hydrogens is 220 g/mol. The number of carbonyl (C=O) groups excluding carboxylic acids is 1. The van der Waals surface area contributed by atoms with Crippen LogP contribution < -0.4 is 0 Å². The summed E-state index contributed by atoms with van der Waals surface area (Å²) in [6.45, 7) is 2.04. The first-order chi connectivity index (χ1) is 8.08. The lowest BCUT2D eigenvalue weighted by Crippen LogP contribution is -2.22. The lowest BCUT2D eigenvalue weighted by molar-refractivity contribution is -0.144. The van der Waals surface area contributed by atoms with Crippen LogP contribution in [-0.2, 0) is 16.0 Å². The van der Waals surface area contributed by atoms with Crippen LogP contribution in [0.5, 0.6) is 0 Å². The molecular formula is C13H18O4. The molecule has 1 aromatic rings. The molecule has 0 saturated heterocycles. The SMILES string of the molecule is CCc1ccc(C(O)C(O)CC(=O)OC)cc1. The van der Waals surface area contributed by atoms with Crippen molar-refractivity contribution in [2.45, 2.75) is 32.0 Å². The van der Waals surface area contributed by atoms with Crippen molar-refractivity contribution >= 4 is 5.97 Å². The fraction of sp³-hybridized carbons (Fsp3) is 0.462. The van der Waals surface area contributed by atoms with Crippen LogP contribution in [0.25, 0.3) is 0 Å². The second-order valence-electron chi connectivity index (χ2n) is 3.89. The van der Waals surface area contributed by atoms with Crippen molar-refractivity contribution in [2.24, 2.45) is 0 Å². The smallest absolute Gasteiger partial charge is 0.308 e. The lowest BCUT2D eigenvalue weighted by Gasteiger charge is -2.17. The molecule has 0 amide bonds. The molecule has 0 aliphatic carbocycles. The summed E-state index contributed by atoms with van der Waals surface area (Å²) in [6.07, 6.45) is -1.51. The van der Waals surface area contributed by atoms with E-state index in [1.165, 1.54) is 7.11 Å². The number of ether oxygens (including phenoxy) is 1. The predicted molar refractivity (Wildman–Crippen MR) is 63.4 cm³/mol. The zero-order chi connectivity index (χ0) is 12.8. The van der Waals surface area contributed by atoms with E-state index in [9.17, 15) is 15.0 Å². The fourth-order valence-electron chi connectivity index (χ4n) is 1.54. The molecule has 0 fully saturated rings. The van der Waals surface area contributed by atoms with Gasteiger partial charge in [-0.15, -0.1) is 0 Å². The Morgan fingerprint density at radius 2 is 1.88 bits per heavy atom. The third-order valence-electron chi connectivity index (χ3n) is 2.70. The maximum Gasteiger partial charge on any atom is 0.308 e. The number of esters is 1. The minimum absolute atomic E-state index is 0.215. The van der Waals surface area contributed by atoms with Crippen LogP contribution >= 0.6 is 0 Å². The van der Waals surface area contributed by atoms with Crippen LogP contribution in [0.2, 0.25) is 0 Å². The number of aliphatic hydroxyl groups is 2. The Labute approximate surface area is 101 Å². The summed E-state index contributed by atoms with van der Waals surface area (Å²) in [6, 6.07) is 7.29. The van der Waals surface area contributed by atoms with Crippen LogP contribution in [0.1, 0.15) is 30.6 Å². The Morgan fingerprint density at radius 3 is 2.35 bits per heavy atom. The predicted octanol–water partition coefficient (Wildman–Crippen LogP) is 1.21. The van der Waals surface area contributed by atoms with E-state index < -0.39 is 18.2 Å². The van der Waals surface area contributed by atoms with Gasteiger partial charge in [-0.1, -0.05) is 31.2 Å². The summed E-state index contributed by atoms with van der Waals surface area (Å²) in [7, 11) is 1.25. The van der Waals surface area contributed by atoms with Crippen LogP contribution in [0.3, 0.4) is 0 Å². The first-order valence-electron chi connectivity index (χ1n) is 5.60. The largest absolute Gasteiger partial charge is 0.469 e. The minimum atomic E-state index is -1.14. The average Bonchev–Trinajstić information content (AvgIpc) is 2.37. The van der Waals surface area contributed by atoms with Gasteiger partial charge in [0.25, 0.3) is 0 Å². The highest BCUT2D eigenvalue weighted by Crippen LogP contribution is 2.19. The van der Waals surface area contributed by atoms with E-state index in [2.05, 4.69) is 4.74 Å². The Hall–Kier alpha value is -1.39. The summed E-state index contributed by atoms with van der Waals surface area (Å²) in [5.74, 6) is -0.540. The first-order valence-corrected chi connectivity index (χ1v) is 5.60. The van der Waals surface area contributed by atoms with Gasteiger partial charge in [-0.25, -0.2) is 0 Å². The number of hydrogen-bond acceptors (Lipinski definition) is 4. The maximum atomic E-state index is 11.0. The third-order valence-corrected chi connectivity index (χ3v) is 2.70. The van der Waals surface area contributed by atoms with E-state index in [4.69, 9.17) is 0 Å². The van der Waals surface area contributed by atoms with Gasteiger partial charge in [0.2, 0.25) is 0 Å². The second kappa shape index (κ2) is 6.37. The molecule has 1 aromatic carbocycles. The number of aliphatic hydroxyl groups excluding tert-OH is 2. The average molecular weight is 238 g/mol. The molecule has 0 radical (unpaired) electrons. The fourth-order valence-corrected chi connectivity index (χ4v) is 1.54. The van der Waals surface area contributed by atoms with Gasteiger partial charge in [0.05, 0.1) is 19.6 Å². The van der Waals surface area contributed by atoms with Crippen molar-refractivity contribution in [1.29, 1.82) is 0 Å². The Bertz CT molecular complexity index is 358. The molecule has 0 bridgehead atoms. The number of methoxy groups -OCH3 is 1. The Kier molecular flexibility index (Phi) is 5.12. The van der Waals surface area contributed by atoms with Crippen molar-refractivity contribution in [1.82, 2.24) is 0 Å². The Balaban J connectivity index is 2.67. The number of aryl methyl sites for hydroxylation is 1. The van der Waals surface area contributed by atoms with Gasteiger partial charge in [-0.2, -0.15) is 0 Å². The first kappa shape index (κ1) is 13.7. The summed E-state index contributed by atoms with van der Waals surface area (Å²) >= 11 is 0. The molecule has 0 heterocycles. The molecule has 4 heteroatoms. The molecule has 0 aliphatic heterocycles. The molecule has 4 nitrogen and oxygen atoms in total.